The van der Waals surface area contributed by atoms with Crippen LogP contribution in [0.5, 0.6) is 0 Å². The van der Waals surface area contributed by atoms with E-state index < -0.39 is 0 Å². The van der Waals surface area contributed by atoms with E-state index in [4.69, 9.17) is 23.2 Å². The highest BCUT2D eigenvalue weighted by molar-refractivity contribution is 6.32. The van der Waals surface area contributed by atoms with Crippen LogP contribution in [0, 0.1) is 0 Å². The number of fused-ring (bicyclic) bond motifs is 1. The Morgan fingerprint density at radius 1 is 1.18 bits per heavy atom. The van der Waals surface area contributed by atoms with Crippen LogP contribution in [-0.2, 0) is 0 Å². The molecule has 0 fully saturated rings. The molecule has 0 amide bonds. The minimum absolute atomic E-state index is 0.243. The number of rotatable bonds is 0. The molecule has 56 valence electrons. The largest absolute Gasteiger partial charge is 0.258 e. The third-order valence-electron chi connectivity index (χ3n) is 1.23. The Labute approximate surface area is 71.8 Å². The number of hydrogen-bond donors (Lipinski definition) is 0. The van der Waals surface area contributed by atoms with Gasteiger partial charge in [0.05, 0.1) is 12.4 Å². The minimum Gasteiger partial charge on any atom is -0.258 e. The molecule has 11 heavy (non-hydrogen) atoms. The number of hydrogen-bond acceptors (Lipinski definition) is 3. The molecule has 0 radical (unpaired) electrons. The van der Waals surface area contributed by atoms with E-state index in [1.165, 1.54) is 16.8 Å². The van der Waals surface area contributed by atoms with E-state index in [0.29, 0.717) is 10.8 Å². The highest BCUT2D eigenvalue weighted by Crippen LogP contribution is 2.14. The number of nitrogens with zero attached hydrogens (tertiary/aromatic N) is 4. The molecule has 0 bridgehead atoms. The number of halogens is 2. The monoisotopic (exact) mass is 188 g/mol. The Kier molecular flexibility index (Phi) is 1.44. The van der Waals surface area contributed by atoms with Crippen LogP contribution < -0.4 is 0 Å². The van der Waals surface area contributed by atoms with E-state index >= 15 is 0 Å². The fourth-order valence-electron chi connectivity index (χ4n) is 0.781. The molecule has 0 aliphatic heterocycles. The summed E-state index contributed by atoms with van der Waals surface area (Å²) in [5, 5.41) is 7.97. The van der Waals surface area contributed by atoms with Gasteiger partial charge in [0.1, 0.15) is 5.15 Å². The molecule has 0 atom stereocenters. The van der Waals surface area contributed by atoms with Crippen LogP contribution in [0.1, 0.15) is 0 Å². The normalized spacial score (nSPS) is 10.7. The van der Waals surface area contributed by atoms with Gasteiger partial charge in [-0.2, -0.15) is 0 Å². The molecule has 0 aliphatic rings. The third-order valence-corrected chi connectivity index (χ3v) is 1.74. The summed E-state index contributed by atoms with van der Waals surface area (Å²) in [6, 6.07) is 0. The van der Waals surface area contributed by atoms with Crippen molar-refractivity contribution in [3.8, 4) is 0 Å². The fraction of sp³-hybridized carbons (Fsp3) is 0. The Bertz CT molecular complexity index is 396. The van der Waals surface area contributed by atoms with Gasteiger partial charge in [0.2, 0.25) is 5.28 Å². The summed E-state index contributed by atoms with van der Waals surface area (Å²) in [7, 11) is 0. The van der Waals surface area contributed by atoms with Crippen molar-refractivity contribution in [2.24, 2.45) is 0 Å². The van der Waals surface area contributed by atoms with Crippen molar-refractivity contribution in [3.05, 3.63) is 22.8 Å². The van der Waals surface area contributed by atoms with Crippen molar-refractivity contribution in [2.75, 3.05) is 0 Å². The van der Waals surface area contributed by atoms with E-state index in [-0.39, 0.29) is 5.28 Å². The lowest BCUT2D eigenvalue weighted by Crippen LogP contribution is -1.87. The van der Waals surface area contributed by atoms with Gasteiger partial charge in [-0.05, 0) is 11.6 Å². The first-order chi connectivity index (χ1) is 5.29. The van der Waals surface area contributed by atoms with Gasteiger partial charge in [0, 0.05) is 0 Å². The van der Waals surface area contributed by atoms with Crippen LogP contribution in [0.25, 0.3) is 5.65 Å². The Morgan fingerprint density at radius 3 is 2.73 bits per heavy atom. The fourth-order valence-corrected chi connectivity index (χ4v) is 1.26. The average Bonchev–Trinajstić information content (AvgIpc) is 2.34. The standard InChI is InChI=1S/C5H2Cl2N4/c6-3-1-8-2-4-9-10-5(7)11(3)4/h1-2H. The quantitative estimate of drug-likeness (QED) is 0.629. The van der Waals surface area contributed by atoms with Crippen molar-refractivity contribution in [2.45, 2.75) is 0 Å². The Balaban J connectivity index is 2.96. The van der Waals surface area contributed by atoms with Crippen LogP contribution in [0.2, 0.25) is 10.4 Å². The summed E-state index contributed by atoms with van der Waals surface area (Å²) in [4.78, 5) is 3.81. The summed E-state index contributed by atoms with van der Waals surface area (Å²) in [6.07, 6.45) is 3.01. The first-order valence-electron chi connectivity index (χ1n) is 2.79. The maximum atomic E-state index is 5.74. The molecular formula is C5H2Cl2N4. The molecule has 0 unspecified atom stereocenters. The summed E-state index contributed by atoms with van der Waals surface area (Å²) < 4.78 is 1.50. The van der Waals surface area contributed by atoms with Gasteiger partial charge in [-0.15, -0.1) is 10.2 Å². The molecule has 0 aliphatic carbocycles. The van der Waals surface area contributed by atoms with Gasteiger partial charge >= 0.3 is 0 Å². The predicted octanol–water partition coefficient (Wildman–Crippen LogP) is 1.43. The predicted molar refractivity (Wildman–Crippen MR) is 40.8 cm³/mol. The van der Waals surface area contributed by atoms with Crippen LogP contribution in [0.15, 0.2) is 12.4 Å². The van der Waals surface area contributed by atoms with Crippen LogP contribution in [0.4, 0.5) is 0 Å². The summed E-state index contributed by atoms with van der Waals surface area (Å²) in [5.41, 5.74) is 0.544. The van der Waals surface area contributed by atoms with Gasteiger partial charge in [-0.1, -0.05) is 11.6 Å². The third kappa shape index (κ3) is 0.948. The van der Waals surface area contributed by atoms with Crippen molar-refractivity contribution < 1.29 is 0 Å². The van der Waals surface area contributed by atoms with Crippen molar-refractivity contribution >= 4 is 28.8 Å². The van der Waals surface area contributed by atoms with Gasteiger partial charge < -0.3 is 0 Å². The lowest BCUT2D eigenvalue weighted by Gasteiger charge is -1.93. The zero-order chi connectivity index (χ0) is 7.84. The molecule has 6 heteroatoms. The van der Waals surface area contributed by atoms with Crippen LogP contribution in [0.3, 0.4) is 0 Å². The molecule has 0 aromatic carbocycles. The van der Waals surface area contributed by atoms with E-state index in [1.54, 1.807) is 0 Å². The second-order valence-electron chi connectivity index (χ2n) is 1.89. The molecule has 0 spiro atoms. The lowest BCUT2D eigenvalue weighted by atomic mass is 10.7. The average molecular weight is 189 g/mol. The van der Waals surface area contributed by atoms with Gasteiger partial charge in [-0.3, -0.25) is 9.38 Å². The van der Waals surface area contributed by atoms with Gasteiger partial charge in [-0.25, -0.2) is 0 Å². The Morgan fingerprint density at radius 2 is 2.00 bits per heavy atom. The molecule has 2 rings (SSSR count). The second kappa shape index (κ2) is 2.32. The maximum absolute atomic E-state index is 5.74. The van der Waals surface area contributed by atoms with Gasteiger partial charge in [0.25, 0.3) is 0 Å². The summed E-state index contributed by atoms with van der Waals surface area (Å²) >= 11 is 11.4. The zero-order valence-corrected chi connectivity index (χ0v) is 6.71. The SMILES string of the molecule is Clc1cncc2nnc(Cl)n12. The van der Waals surface area contributed by atoms with E-state index in [1.807, 2.05) is 0 Å². The molecule has 0 N–H and O–H groups in total. The van der Waals surface area contributed by atoms with Crippen molar-refractivity contribution in [1.82, 2.24) is 19.6 Å². The maximum Gasteiger partial charge on any atom is 0.230 e. The van der Waals surface area contributed by atoms with Gasteiger partial charge in [0.15, 0.2) is 5.65 Å². The van der Waals surface area contributed by atoms with Crippen molar-refractivity contribution in [1.29, 1.82) is 0 Å². The van der Waals surface area contributed by atoms with Crippen molar-refractivity contribution in [3.63, 3.8) is 0 Å². The molecule has 2 heterocycles. The Hall–Kier alpha value is -0.870. The topological polar surface area (TPSA) is 43.1 Å². The summed E-state index contributed by atoms with van der Waals surface area (Å²) in [6.45, 7) is 0. The first-order valence-corrected chi connectivity index (χ1v) is 3.55. The second-order valence-corrected chi connectivity index (χ2v) is 2.62. The molecule has 4 nitrogen and oxygen atoms in total. The summed E-state index contributed by atoms with van der Waals surface area (Å²) in [5.74, 6) is 0. The zero-order valence-electron chi connectivity index (χ0n) is 5.20. The molecule has 2 aromatic heterocycles. The molecule has 0 saturated heterocycles. The smallest absolute Gasteiger partial charge is 0.230 e. The minimum atomic E-state index is 0.243. The lowest BCUT2D eigenvalue weighted by molar-refractivity contribution is 1.10. The van der Waals surface area contributed by atoms with Crippen LogP contribution >= 0.6 is 23.2 Å². The first kappa shape index (κ1) is 6.82. The highest BCUT2D eigenvalue weighted by atomic mass is 35.5. The van der Waals surface area contributed by atoms with E-state index in [9.17, 15) is 0 Å². The molecular weight excluding hydrogens is 187 g/mol. The number of aromatic nitrogens is 4. The van der Waals surface area contributed by atoms with E-state index in [2.05, 4.69) is 15.2 Å². The molecule has 2 aromatic rings. The van der Waals surface area contributed by atoms with Crippen LogP contribution in [-0.4, -0.2) is 19.6 Å². The molecule has 0 saturated carbocycles. The van der Waals surface area contributed by atoms with E-state index in [0.717, 1.165) is 0 Å². The highest BCUT2D eigenvalue weighted by Gasteiger charge is 2.04.